The highest BCUT2D eigenvalue weighted by atomic mass is 16.3. The van der Waals surface area contributed by atoms with Crippen molar-refractivity contribution in [3.8, 4) is 0 Å². The standard InChI is InChI=1S/C15H20N2O2/c1-10-4-5-13-12(8-10)9-14(19-13)15(18)17(3)7-6-11(2)16/h4-5,8-9,11H,6-7,16H2,1-3H3. The topological polar surface area (TPSA) is 59.5 Å². The number of hydrogen-bond donors (Lipinski definition) is 1. The number of rotatable bonds is 4. The van der Waals surface area contributed by atoms with E-state index in [9.17, 15) is 4.79 Å². The summed E-state index contributed by atoms with van der Waals surface area (Å²) in [5.74, 6) is 0.280. The number of carbonyl (C=O) groups excluding carboxylic acids is 1. The third kappa shape index (κ3) is 3.15. The van der Waals surface area contributed by atoms with Gasteiger partial charge in [-0.15, -0.1) is 0 Å². The Kier molecular flexibility index (Phi) is 3.90. The third-order valence-electron chi connectivity index (χ3n) is 3.15. The molecule has 19 heavy (non-hydrogen) atoms. The Labute approximate surface area is 113 Å². The summed E-state index contributed by atoms with van der Waals surface area (Å²) in [6, 6.07) is 7.77. The average molecular weight is 260 g/mol. The summed E-state index contributed by atoms with van der Waals surface area (Å²) in [6.07, 6.45) is 0.779. The maximum absolute atomic E-state index is 12.2. The highest BCUT2D eigenvalue weighted by molar-refractivity contribution is 5.96. The first-order valence-electron chi connectivity index (χ1n) is 6.48. The van der Waals surface area contributed by atoms with Gasteiger partial charge in [0.2, 0.25) is 0 Å². The molecule has 1 heterocycles. The van der Waals surface area contributed by atoms with Gasteiger partial charge in [-0.3, -0.25) is 4.79 Å². The number of hydrogen-bond acceptors (Lipinski definition) is 3. The highest BCUT2D eigenvalue weighted by Crippen LogP contribution is 2.21. The maximum atomic E-state index is 12.2. The van der Waals surface area contributed by atoms with Gasteiger partial charge in [0.25, 0.3) is 5.91 Å². The van der Waals surface area contributed by atoms with E-state index in [1.54, 1.807) is 18.0 Å². The molecule has 2 N–H and O–H groups in total. The van der Waals surface area contributed by atoms with Gasteiger partial charge in [0.15, 0.2) is 5.76 Å². The second-order valence-corrected chi connectivity index (χ2v) is 5.14. The quantitative estimate of drug-likeness (QED) is 0.919. The zero-order valence-corrected chi connectivity index (χ0v) is 11.6. The van der Waals surface area contributed by atoms with Gasteiger partial charge in [0, 0.05) is 25.0 Å². The molecule has 1 unspecified atom stereocenters. The first-order valence-corrected chi connectivity index (χ1v) is 6.48. The van der Waals surface area contributed by atoms with Crippen molar-refractivity contribution in [2.45, 2.75) is 26.3 Å². The fourth-order valence-electron chi connectivity index (χ4n) is 1.96. The minimum atomic E-state index is -0.102. The molecule has 0 fully saturated rings. The molecule has 102 valence electrons. The van der Waals surface area contributed by atoms with Crippen LogP contribution in [0.3, 0.4) is 0 Å². The Hall–Kier alpha value is -1.81. The molecule has 2 aromatic rings. The van der Waals surface area contributed by atoms with Gasteiger partial charge in [-0.2, -0.15) is 0 Å². The number of fused-ring (bicyclic) bond motifs is 1. The normalized spacial score (nSPS) is 12.6. The molecule has 0 aliphatic heterocycles. The van der Waals surface area contributed by atoms with E-state index in [-0.39, 0.29) is 11.9 Å². The summed E-state index contributed by atoms with van der Waals surface area (Å²) in [4.78, 5) is 13.8. The maximum Gasteiger partial charge on any atom is 0.289 e. The molecule has 0 aliphatic carbocycles. The van der Waals surface area contributed by atoms with Gasteiger partial charge in [-0.1, -0.05) is 11.6 Å². The fourth-order valence-corrected chi connectivity index (χ4v) is 1.96. The molecular weight excluding hydrogens is 240 g/mol. The Morgan fingerprint density at radius 1 is 1.42 bits per heavy atom. The lowest BCUT2D eigenvalue weighted by Gasteiger charge is -2.16. The molecule has 0 spiro atoms. The van der Waals surface area contributed by atoms with Crippen molar-refractivity contribution < 1.29 is 9.21 Å². The van der Waals surface area contributed by atoms with E-state index in [0.717, 1.165) is 23.0 Å². The van der Waals surface area contributed by atoms with Crippen molar-refractivity contribution in [1.82, 2.24) is 4.90 Å². The molecule has 0 saturated carbocycles. The van der Waals surface area contributed by atoms with Crippen LogP contribution < -0.4 is 5.73 Å². The van der Waals surface area contributed by atoms with Gasteiger partial charge < -0.3 is 15.1 Å². The number of carbonyl (C=O) groups is 1. The first kappa shape index (κ1) is 13.6. The van der Waals surface area contributed by atoms with E-state index in [4.69, 9.17) is 10.2 Å². The van der Waals surface area contributed by atoms with Crippen LogP contribution in [-0.2, 0) is 0 Å². The van der Waals surface area contributed by atoms with Crippen molar-refractivity contribution >= 4 is 16.9 Å². The van der Waals surface area contributed by atoms with Crippen LogP contribution in [0.5, 0.6) is 0 Å². The van der Waals surface area contributed by atoms with Crippen LogP contribution in [0.1, 0.15) is 29.5 Å². The molecule has 0 aliphatic rings. The van der Waals surface area contributed by atoms with Gasteiger partial charge >= 0.3 is 0 Å². The van der Waals surface area contributed by atoms with Crippen LogP contribution in [0.4, 0.5) is 0 Å². The summed E-state index contributed by atoms with van der Waals surface area (Å²) in [5, 5.41) is 0.962. The van der Waals surface area contributed by atoms with Gasteiger partial charge in [-0.25, -0.2) is 0 Å². The third-order valence-corrected chi connectivity index (χ3v) is 3.15. The Balaban J connectivity index is 2.16. The van der Waals surface area contributed by atoms with Crippen LogP contribution in [0, 0.1) is 6.92 Å². The van der Waals surface area contributed by atoms with Crippen molar-refractivity contribution in [3.05, 3.63) is 35.6 Å². The minimum Gasteiger partial charge on any atom is -0.451 e. The number of benzene rings is 1. The molecule has 1 aromatic heterocycles. The van der Waals surface area contributed by atoms with Gasteiger partial charge in [0.1, 0.15) is 5.58 Å². The monoisotopic (exact) mass is 260 g/mol. The van der Waals surface area contributed by atoms with Crippen molar-refractivity contribution in [1.29, 1.82) is 0 Å². The molecule has 1 amide bonds. The Morgan fingerprint density at radius 2 is 2.16 bits per heavy atom. The summed E-state index contributed by atoms with van der Waals surface area (Å²) < 4.78 is 5.59. The molecule has 2 rings (SSSR count). The largest absolute Gasteiger partial charge is 0.451 e. The van der Waals surface area contributed by atoms with Crippen LogP contribution in [0.25, 0.3) is 11.0 Å². The summed E-state index contributed by atoms with van der Waals surface area (Å²) in [6.45, 7) is 4.58. The SMILES string of the molecule is Cc1ccc2oc(C(=O)N(C)CCC(C)N)cc2c1. The van der Waals surface area contributed by atoms with E-state index in [1.165, 1.54) is 0 Å². The Bertz CT molecular complexity index is 587. The smallest absolute Gasteiger partial charge is 0.289 e. The number of aryl methyl sites for hydroxylation is 1. The minimum absolute atomic E-state index is 0.0913. The van der Waals surface area contributed by atoms with E-state index in [2.05, 4.69) is 0 Å². The van der Waals surface area contributed by atoms with Crippen LogP contribution in [0.15, 0.2) is 28.7 Å². The van der Waals surface area contributed by atoms with E-state index >= 15 is 0 Å². The van der Waals surface area contributed by atoms with Gasteiger partial charge in [-0.05, 0) is 38.5 Å². The zero-order chi connectivity index (χ0) is 14.0. The lowest BCUT2D eigenvalue weighted by molar-refractivity contribution is 0.0763. The molecule has 1 aromatic carbocycles. The lowest BCUT2D eigenvalue weighted by atomic mass is 10.2. The van der Waals surface area contributed by atoms with Crippen molar-refractivity contribution in [3.63, 3.8) is 0 Å². The second kappa shape index (κ2) is 5.45. The van der Waals surface area contributed by atoms with Crippen molar-refractivity contribution in [2.24, 2.45) is 5.73 Å². The van der Waals surface area contributed by atoms with Crippen molar-refractivity contribution in [2.75, 3.05) is 13.6 Å². The summed E-state index contributed by atoms with van der Waals surface area (Å²) in [5.41, 5.74) is 7.59. The highest BCUT2D eigenvalue weighted by Gasteiger charge is 2.16. The molecule has 4 heteroatoms. The number of nitrogens with zero attached hydrogens (tertiary/aromatic N) is 1. The van der Waals surface area contributed by atoms with Gasteiger partial charge in [0.05, 0.1) is 0 Å². The molecular formula is C15H20N2O2. The lowest BCUT2D eigenvalue weighted by Crippen LogP contribution is -2.31. The second-order valence-electron chi connectivity index (χ2n) is 5.14. The number of amides is 1. The fraction of sp³-hybridized carbons (Fsp3) is 0.400. The predicted octanol–water partition coefficient (Wildman–Crippen LogP) is 2.55. The van der Waals surface area contributed by atoms with Crippen LogP contribution >= 0.6 is 0 Å². The Morgan fingerprint density at radius 3 is 2.84 bits per heavy atom. The average Bonchev–Trinajstić information content (AvgIpc) is 2.77. The van der Waals surface area contributed by atoms with Crippen LogP contribution in [-0.4, -0.2) is 30.4 Å². The molecule has 0 radical (unpaired) electrons. The first-order chi connectivity index (χ1) is 8.97. The molecule has 4 nitrogen and oxygen atoms in total. The zero-order valence-electron chi connectivity index (χ0n) is 11.6. The molecule has 1 atom stereocenters. The molecule has 0 bridgehead atoms. The summed E-state index contributed by atoms with van der Waals surface area (Å²) in [7, 11) is 1.77. The number of nitrogens with two attached hydrogens (primary N) is 1. The number of furan rings is 1. The molecule has 0 saturated heterocycles. The van der Waals surface area contributed by atoms with E-state index < -0.39 is 0 Å². The van der Waals surface area contributed by atoms with Crippen LogP contribution in [0.2, 0.25) is 0 Å². The summed E-state index contributed by atoms with van der Waals surface area (Å²) >= 11 is 0. The predicted molar refractivity (Wildman–Crippen MR) is 76.2 cm³/mol. The van der Waals surface area contributed by atoms with E-state index in [1.807, 2.05) is 32.0 Å². The van der Waals surface area contributed by atoms with E-state index in [0.29, 0.717) is 12.3 Å².